The fourth-order valence-electron chi connectivity index (χ4n) is 4.12. The maximum atomic E-state index is 13.9. The van der Waals surface area contributed by atoms with E-state index in [0.29, 0.717) is 0 Å². The second-order valence-corrected chi connectivity index (χ2v) is 7.51. The molecule has 4 nitrogen and oxygen atoms in total. The molecule has 1 aliphatic rings. The maximum Gasteiger partial charge on any atom is 0.507 e. The van der Waals surface area contributed by atoms with Gasteiger partial charge in [-0.25, -0.2) is 4.79 Å². The fourth-order valence-corrected chi connectivity index (χ4v) is 4.12. The standard InChI is InChI=1S/C24H28O.C3H6O3.4C2H6.C2H4/c1-7-13-18(10-4)24(19(14-8-2)15-9-3)21-17-12-11-16-20(21)23(5,6)22(24)25;1-5-3(4)6-2;5*1-2/h7-17H,2H2,1,3-6H3;1-2H3;4*1-2H3;1-2H2/b13-7-,15-9-,18-10+,19-14+;;;;;;. The summed E-state index contributed by atoms with van der Waals surface area (Å²) >= 11 is 0. The van der Waals surface area contributed by atoms with Gasteiger partial charge in [0.1, 0.15) is 5.41 Å². The number of benzene rings is 1. The van der Waals surface area contributed by atoms with Gasteiger partial charge in [0.05, 0.1) is 19.6 Å². The molecule has 234 valence electrons. The summed E-state index contributed by atoms with van der Waals surface area (Å²) in [4.78, 5) is 23.6. The molecule has 0 radical (unpaired) electrons. The lowest BCUT2D eigenvalue weighted by Crippen LogP contribution is -2.41. The Morgan fingerprint density at radius 3 is 1.46 bits per heavy atom. The third-order valence-corrected chi connectivity index (χ3v) is 5.41. The molecule has 0 saturated carbocycles. The summed E-state index contributed by atoms with van der Waals surface area (Å²) in [6, 6.07) is 8.21. The summed E-state index contributed by atoms with van der Waals surface area (Å²) in [7, 11) is 2.51. The monoisotopic (exact) mass is 570 g/mol. The van der Waals surface area contributed by atoms with Crippen molar-refractivity contribution in [3.8, 4) is 0 Å². The number of ether oxygens (including phenoxy) is 2. The smallest absolute Gasteiger partial charge is 0.438 e. The van der Waals surface area contributed by atoms with Crippen LogP contribution < -0.4 is 0 Å². The first kappa shape index (κ1) is 47.4. The van der Waals surface area contributed by atoms with Crippen molar-refractivity contribution in [2.75, 3.05) is 14.2 Å². The number of hydrogen-bond donors (Lipinski definition) is 0. The number of rotatable bonds is 5. The topological polar surface area (TPSA) is 52.6 Å². The highest BCUT2D eigenvalue weighted by Crippen LogP contribution is 2.54. The molecule has 4 heteroatoms. The molecule has 0 bridgehead atoms. The molecule has 0 spiro atoms. The molecule has 1 unspecified atom stereocenters. The highest BCUT2D eigenvalue weighted by atomic mass is 16.7. The Morgan fingerprint density at radius 2 is 1.15 bits per heavy atom. The number of methoxy groups -OCH3 is 2. The van der Waals surface area contributed by atoms with Gasteiger partial charge in [-0.05, 0) is 56.9 Å². The average molecular weight is 571 g/mol. The van der Waals surface area contributed by atoms with Crippen molar-refractivity contribution in [3.63, 3.8) is 0 Å². The van der Waals surface area contributed by atoms with Crippen molar-refractivity contribution in [3.05, 3.63) is 109 Å². The summed E-state index contributed by atoms with van der Waals surface area (Å²) < 4.78 is 8.08. The van der Waals surface area contributed by atoms with Crippen LogP contribution in [0.25, 0.3) is 0 Å². The quantitative estimate of drug-likeness (QED) is 0.201. The molecule has 2 rings (SSSR count). The minimum atomic E-state index is -0.804. The number of fused-ring (bicyclic) bond motifs is 1. The van der Waals surface area contributed by atoms with Crippen molar-refractivity contribution in [1.29, 1.82) is 0 Å². The van der Waals surface area contributed by atoms with Gasteiger partial charge < -0.3 is 9.47 Å². The van der Waals surface area contributed by atoms with Crippen molar-refractivity contribution in [1.82, 2.24) is 0 Å². The van der Waals surface area contributed by atoms with Crippen molar-refractivity contribution < 1.29 is 19.1 Å². The minimum Gasteiger partial charge on any atom is -0.438 e. The maximum absolute atomic E-state index is 13.9. The van der Waals surface area contributed by atoms with Crippen molar-refractivity contribution >= 4 is 11.9 Å². The largest absolute Gasteiger partial charge is 0.507 e. The summed E-state index contributed by atoms with van der Waals surface area (Å²) in [5.74, 6) is 0.207. The van der Waals surface area contributed by atoms with Gasteiger partial charge in [0.15, 0.2) is 5.78 Å². The SMILES string of the molecule is C=C.C=C/C=C(\C=C/C)C1(C(/C=C\C)=C/C)C(=O)C(C)(C)c2ccccc21.CC.CC.CC.CC.COC(=O)OC. The Bertz CT molecular complexity index is 939. The van der Waals surface area contributed by atoms with E-state index in [0.717, 1.165) is 22.3 Å². The molecule has 1 aromatic rings. The fraction of sp³-hybridized carbons (Fsp3) is 0.459. The molecule has 0 saturated heterocycles. The zero-order valence-corrected chi connectivity index (χ0v) is 29.1. The molecule has 0 aromatic heterocycles. The molecule has 0 fully saturated rings. The molecule has 0 aliphatic heterocycles. The van der Waals surface area contributed by atoms with Gasteiger partial charge in [-0.2, -0.15) is 0 Å². The van der Waals surface area contributed by atoms with Gasteiger partial charge in [-0.3, -0.25) is 4.79 Å². The number of ketones is 1. The van der Waals surface area contributed by atoms with Crippen LogP contribution in [0.1, 0.15) is 101 Å². The van der Waals surface area contributed by atoms with E-state index in [-0.39, 0.29) is 5.78 Å². The Hall–Kier alpha value is -3.40. The molecular formula is C37H62O4. The molecule has 1 aliphatic carbocycles. The lowest BCUT2D eigenvalue weighted by atomic mass is 9.66. The predicted octanol–water partition coefficient (Wildman–Crippen LogP) is 11.3. The molecule has 0 heterocycles. The summed E-state index contributed by atoms with van der Waals surface area (Å²) in [6.07, 6.45) is 13.2. The summed E-state index contributed by atoms with van der Waals surface area (Å²) in [5, 5.41) is 0. The normalized spacial score (nSPS) is 16.0. The highest BCUT2D eigenvalue weighted by Gasteiger charge is 2.58. The first-order valence-corrected chi connectivity index (χ1v) is 14.8. The van der Waals surface area contributed by atoms with E-state index in [1.807, 2.05) is 126 Å². The zero-order chi connectivity index (χ0) is 33.7. The molecule has 0 N–H and O–H groups in total. The Morgan fingerprint density at radius 1 is 0.756 bits per heavy atom. The van der Waals surface area contributed by atoms with Crippen molar-refractivity contribution in [2.45, 2.75) is 101 Å². The molecule has 1 aromatic carbocycles. The third-order valence-electron chi connectivity index (χ3n) is 5.41. The average Bonchev–Trinajstić information content (AvgIpc) is 3.23. The van der Waals surface area contributed by atoms with Crippen LogP contribution in [0.4, 0.5) is 4.79 Å². The third kappa shape index (κ3) is 12.8. The Kier molecular flexibility index (Phi) is 34.2. The number of carbonyl (C=O) groups is 2. The number of Topliss-reactive ketones (excluding diaryl/α,β-unsaturated/α-hetero) is 1. The van der Waals surface area contributed by atoms with E-state index in [1.165, 1.54) is 14.2 Å². The summed E-state index contributed by atoms with van der Waals surface area (Å²) in [6.45, 7) is 35.9. The van der Waals surface area contributed by atoms with E-state index in [1.54, 1.807) is 6.08 Å². The lowest BCUT2D eigenvalue weighted by Gasteiger charge is -2.34. The number of allylic oxidation sites excluding steroid dienone is 9. The van der Waals surface area contributed by atoms with Gasteiger partial charge in [0, 0.05) is 0 Å². The molecule has 0 amide bonds. The molecule has 1 atom stereocenters. The van der Waals surface area contributed by atoms with Gasteiger partial charge in [0.2, 0.25) is 0 Å². The minimum absolute atomic E-state index is 0.207. The van der Waals surface area contributed by atoms with Crippen LogP contribution in [0, 0.1) is 0 Å². The second-order valence-electron chi connectivity index (χ2n) is 7.51. The van der Waals surface area contributed by atoms with E-state index >= 15 is 0 Å². The Balaban J connectivity index is -0.000000228. The second kappa shape index (κ2) is 29.6. The first-order valence-electron chi connectivity index (χ1n) is 14.8. The van der Waals surface area contributed by atoms with E-state index < -0.39 is 17.0 Å². The zero-order valence-electron chi connectivity index (χ0n) is 29.1. The van der Waals surface area contributed by atoms with Gasteiger partial charge in [-0.15, -0.1) is 13.2 Å². The van der Waals surface area contributed by atoms with Crippen molar-refractivity contribution in [2.24, 2.45) is 0 Å². The lowest BCUT2D eigenvalue weighted by molar-refractivity contribution is -0.125. The highest BCUT2D eigenvalue weighted by molar-refractivity contribution is 6.09. The van der Waals surface area contributed by atoms with Crippen LogP contribution in [0.15, 0.2) is 97.7 Å². The van der Waals surface area contributed by atoms with Crippen LogP contribution in [0.2, 0.25) is 0 Å². The van der Waals surface area contributed by atoms with Gasteiger partial charge >= 0.3 is 6.16 Å². The van der Waals surface area contributed by atoms with Crippen LogP contribution in [-0.2, 0) is 25.1 Å². The Labute approximate surface area is 254 Å². The number of hydrogen-bond acceptors (Lipinski definition) is 4. The van der Waals surface area contributed by atoms with Crippen LogP contribution in [-0.4, -0.2) is 26.2 Å². The van der Waals surface area contributed by atoms with Crippen LogP contribution in [0.5, 0.6) is 0 Å². The van der Waals surface area contributed by atoms with E-state index in [9.17, 15) is 9.59 Å². The number of carbonyl (C=O) groups excluding carboxylic acids is 2. The van der Waals surface area contributed by atoms with E-state index in [4.69, 9.17) is 0 Å². The summed E-state index contributed by atoms with van der Waals surface area (Å²) in [5.41, 5.74) is 2.78. The van der Waals surface area contributed by atoms with Crippen LogP contribution in [0.3, 0.4) is 0 Å². The van der Waals surface area contributed by atoms with Gasteiger partial charge in [0.25, 0.3) is 0 Å². The molecular weight excluding hydrogens is 508 g/mol. The van der Waals surface area contributed by atoms with Gasteiger partial charge in [-0.1, -0.05) is 129 Å². The predicted molar refractivity (Wildman–Crippen MR) is 184 cm³/mol. The van der Waals surface area contributed by atoms with Crippen LogP contribution >= 0.6 is 0 Å². The first-order chi connectivity index (χ1) is 19.7. The molecule has 41 heavy (non-hydrogen) atoms. The van der Waals surface area contributed by atoms with E-state index in [2.05, 4.69) is 53.5 Å².